The van der Waals surface area contributed by atoms with Crippen LogP contribution in [0, 0.1) is 5.82 Å². The first kappa shape index (κ1) is 18.8. The van der Waals surface area contributed by atoms with Gasteiger partial charge in [-0.1, -0.05) is 18.2 Å². The lowest BCUT2D eigenvalue weighted by molar-refractivity contribution is -0.129. The third kappa shape index (κ3) is 4.81. The van der Waals surface area contributed by atoms with E-state index in [-0.39, 0.29) is 17.6 Å². The van der Waals surface area contributed by atoms with Gasteiger partial charge < -0.3 is 15.1 Å². The Hall–Kier alpha value is -2.96. The van der Waals surface area contributed by atoms with E-state index in [9.17, 15) is 14.0 Å². The molecule has 2 heterocycles. The molecule has 6 nitrogen and oxygen atoms in total. The fourth-order valence-corrected chi connectivity index (χ4v) is 3.07. The maximum atomic E-state index is 13.6. The Morgan fingerprint density at radius 2 is 1.85 bits per heavy atom. The second kappa shape index (κ2) is 8.62. The number of hydrogen-bond acceptors (Lipinski definition) is 4. The van der Waals surface area contributed by atoms with Crippen molar-refractivity contribution in [1.82, 2.24) is 15.2 Å². The fourth-order valence-electron chi connectivity index (χ4n) is 3.07. The third-order valence-corrected chi connectivity index (χ3v) is 4.70. The van der Waals surface area contributed by atoms with Gasteiger partial charge in [-0.3, -0.25) is 9.59 Å². The molecule has 2 amide bonds. The van der Waals surface area contributed by atoms with Crippen LogP contribution in [0.4, 0.5) is 10.2 Å². The Morgan fingerprint density at radius 1 is 1.11 bits per heavy atom. The van der Waals surface area contributed by atoms with Gasteiger partial charge in [-0.25, -0.2) is 9.37 Å². The predicted molar refractivity (Wildman–Crippen MR) is 101 cm³/mol. The van der Waals surface area contributed by atoms with Crippen LogP contribution in [0.2, 0.25) is 0 Å². The van der Waals surface area contributed by atoms with Crippen LogP contribution in [0.15, 0.2) is 42.6 Å². The van der Waals surface area contributed by atoms with Gasteiger partial charge in [0.05, 0.1) is 5.56 Å². The summed E-state index contributed by atoms with van der Waals surface area (Å²) >= 11 is 0. The van der Waals surface area contributed by atoms with Crippen molar-refractivity contribution in [3.8, 4) is 0 Å². The number of hydrogen-bond donors (Lipinski definition) is 1. The minimum absolute atomic E-state index is 0.0880. The number of amides is 2. The van der Waals surface area contributed by atoms with Crippen LogP contribution >= 0.6 is 0 Å². The minimum atomic E-state index is -0.261. The summed E-state index contributed by atoms with van der Waals surface area (Å²) in [4.78, 5) is 31.9. The lowest BCUT2D eigenvalue weighted by atomic mass is 10.1. The van der Waals surface area contributed by atoms with Crippen LogP contribution in [0.5, 0.6) is 0 Å². The van der Waals surface area contributed by atoms with Crippen molar-refractivity contribution in [2.75, 3.05) is 37.6 Å². The van der Waals surface area contributed by atoms with E-state index in [1.165, 1.54) is 6.07 Å². The number of nitrogens with one attached hydrogen (secondary N) is 1. The normalized spacial score (nSPS) is 14.1. The third-order valence-electron chi connectivity index (χ3n) is 4.70. The molecule has 0 unspecified atom stereocenters. The fraction of sp³-hybridized carbons (Fsp3) is 0.350. The second-order valence-corrected chi connectivity index (χ2v) is 6.50. The van der Waals surface area contributed by atoms with Gasteiger partial charge in [0.1, 0.15) is 11.6 Å². The van der Waals surface area contributed by atoms with E-state index in [2.05, 4.69) is 15.2 Å². The summed E-state index contributed by atoms with van der Waals surface area (Å²) in [6.45, 7) is 4.73. The van der Waals surface area contributed by atoms with Gasteiger partial charge in [0.15, 0.2) is 0 Å². The molecule has 0 aliphatic carbocycles. The first-order valence-electron chi connectivity index (χ1n) is 9.02. The predicted octanol–water partition coefficient (Wildman–Crippen LogP) is 1.86. The molecule has 1 aliphatic heterocycles. The number of pyridine rings is 1. The van der Waals surface area contributed by atoms with Gasteiger partial charge in [0.25, 0.3) is 5.91 Å². The number of aromatic nitrogens is 1. The molecule has 1 fully saturated rings. The zero-order valence-corrected chi connectivity index (χ0v) is 15.3. The Morgan fingerprint density at radius 3 is 2.48 bits per heavy atom. The molecule has 0 spiro atoms. The molecule has 0 atom stereocenters. The van der Waals surface area contributed by atoms with Crippen LogP contribution in [0.1, 0.15) is 22.8 Å². The summed E-state index contributed by atoms with van der Waals surface area (Å²) in [5, 5.41) is 2.79. The number of nitrogens with zero attached hydrogens (tertiary/aromatic N) is 3. The van der Waals surface area contributed by atoms with Gasteiger partial charge in [-0.2, -0.15) is 0 Å². The molecular weight excluding hydrogens is 347 g/mol. The Labute approximate surface area is 158 Å². The van der Waals surface area contributed by atoms with Gasteiger partial charge in [-0.05, 0) is 30.2 Å². The van der Waals surface area contributed by atoms with Gasteiger partial charge in [0.2, 0.25) is 5.91 Å². The smallest absolute Gasteiger partial charge is 0.252 e. The molecule has 2 aromatic rings. The number of anilines is 1. The van der Waals surface area contributed by atoms with Crippen LogP contribution in [-0.2, 0) is 11.2 Å². The molecule has 27 heavy (non-hydrogen) atoms. The number of piperazine rings is 1. The maximum absolute atomic E-state index is 13.6. The SMILES string of the molecule is CC(=O)N1CCN(c2ccc(C(=O)NCCc3ccccc3F)cn2)CC1. The van der Waals surface area contributed by atoms with Crippen LogP contribution in [-0.4, -0.2) is 54.4 Å². The highest BCUT2D eigenvalue weighted by Gasteiger charge is 2.19. The lowest BCUT2D eigenvalue weighted by Crippen LogP contribution is -2.48. The van der Waals surface area contributed by atoms with Crippen LogP contribution in [0.3, 0.4) is 0 Å². The van der Waals surface area contributed by atoms with Crippen molar-refractivity contribution in [2.24, 2.45) is 0 Å². The number of carbonyl (C=O) groups is 2. The number of benzene rings is 1. The highest BCUT2D eigenvalue weighted by atomic mass is 19.1. The molecule has 0 bridgehead atoms. The van der Waals surface area contributed by atoms with E-state index in [1.807, 2.05) is 11.0 Å². The first-order valence-corrected chi connectivity index (χ1v) is 9.02. The van der Waals surface area contributed by atoms with E-state index in [4.69, 9.17) is 0 Å². The molecule has 3 rings (SSSR count). The minimum Gasteiger partial charge on any atom is -0.353 e. The zero-order valence-electron chi connectivity index (χ0n) is 15.3. The van der Waals surface area contributed by atoms with Gasteiger partial charge >= 0.3 is 0 Å². The highest BCUT2D eigenvalue weighted by Crippen LogP contribution is 2.14. The van der Waals surface area contributed by atoms with E-state index < -0.39 is 0 Å². The van der Waals surface area contributed by atoms with Crippen molar-refractivity contribution < 1.29 is 14.0 Å². The Kier molecular flexibility index (Phi) is 6.01. The molecule has 0 saturated carbocycles. The average molecular weight is 370 g/mol. The topological polar surface area (TPSA) is 65.5 Å². The van der Waals surface area contributed by atoms with Gasteiger partial charge in [-0.15, -0.1) is 0 Å². The molecular formula is C20H23FN4O2. The van der Waals surface area contributed by atoms with Gasteiger partial charge in [0, 0.05) is 45.8 Å². The standard InChI is InChI=1S/C20H23FN4O2/c1-15(26)24-10-12-25(13-11-24)19-7-6-17(14-23-19)20(27)22-9-8-16-4-2-3-5-18(16)21/h2-7,14H,8-13H2,1H3,(H,22,27). The van der Waals surface area contributed by atoms with Crippen molar-refractivity contribution >= 4 is 17.6 Å². The molecule has 1 saturated heterocycles. The monoisotopic (exact) mass is 370 g/mol. The molecule has 1 N–H and O–H groups in total. The molecule has 0 radical (unpaired) electrons. The Balaban J connectivity index is 1.50. The summed E-state index contributed by atoms with van der Waals surface area (Å²) < 4.78 is 13.6. The van der Waals surface area contributed by atoms with Crippen molar-refractivity contribution in [1.29, 1.82) is 0 Å². The summed E-state index contributed by atoms with van der Waals surface area (Å²) in [6.07, 6.45) is 1.98. The number of halogens is 1. The number of rotatable bonds is 5. The average Bonchev–Trinajstić information content (AvgIpc) is 2.69. The van der Waals surface area contributed by atoms with E-state index >= 15 is 0 Å². The second-order valence-electron chi connectivity index (χ2n) is 6.50. The maximum Gasteiger partial charge on any atom is 0.252 e. The van der Waals surface area contributed by atoms with E-state index in [0.29, 0.717) is 37.2 Å². The lowest BCUT2D eigenvalue weighted by Gasteiger charge is -2.34. The Bertz CT molecular complexity index is 802. The molecule has 1 aromatic heterocycles. The largest absolute Gasteiger partial charge is 0.353 e. The first-order chi connectivity index (χ1) is 13.0. The molecule has 1 aliphatic rings. The summed E-state index contributed by atoms with van der Waals surface area (Å²) in [5.41, 5.74) is 1.05. The van der Waals surface area contributed by atoms with Crippen molar-refractivity contribution in [2.45, 2.75) is 13.3 Å². The van der Waals surface area contributed by atoms with Crippen LogP contribution < -0.4 is 10.2 Å². The highest BCUT2D eigenvalue weighted by molar-refractivity contribution is 5.94. The quantitative estimate of drug-likeness (QED) is 0.873. The molecule has 1 aromatic carbocycles. The van der Waals surface area contributed by atoms with E-state index in [1.54, 1.807) is 37.4 Å². The molecule has 142 valence electrons. The molecule has 7 heteroatoms. The van der Waals surface area contributed by atoms with Crippen LogP contribution in [0.25, 0.3) is 0 Å². The number of carbonyl (C=O) groups excluding carboxylic acids is 2. The van der Waals surface area contributed by atoms with Crippen molar-refractivity contribution in [3.63, 3.8) is 0 Å². The summed E-state index contributed by atoms with van der Waals surface area (Å²) in [7, 11) is 0. The summed E-state index contributed by atoms with van der Waals surface area (Å²) in [5.74, 6) is 0.389. The summed E-state index contributed by atoms with van der Waals surface area (Å²) in [6, 6.07) is 10.1. The van der Waals surface area contributed by atoms with E-state index in [0.717, 1.165) is 18.9 Å². The zero-order chi connectivity index (χ0) is 19.2. The van der Waals surface area contributed by atoms with Crippen molar-refractivity contribution in [3.05, 3.63) is 59.5 Å².